The quantitative estimate of drug-likeness (QED) is 0.819. The fourth-order valence-electron chi connectivity index (χ4n) is 1.83. The van der Waals surface area contributed by atoms with Crippen molar-refractivity contribution in [2.45, 2.75) is 19.8 Å². The van der Waals surface area contributed by atoms with Crippen LogP contribution < -0.4 is 5.32 Å². The highest BCUT2D eigenvalue weighted by molar-refractivity contribution is 7.09. The van der Waals surface area contributed by atoms with E-state index in [4.69, 9.17) is 4.98 Å². The van der Waals surface area contributed by atoms with Gasteiger partial charge in [0.1, 0.15) is 0 Å². The van der Waals surface area contributed by atoms with E-state index in [1.165, 1.54) is 16.1 Å². The first-order valence-electron chi connectivity index (χ1n) is 5.96. The monoisotopic (exact) mass is 246 g/mol. The molecule has 1 aromatic heterocycles. The largest absolute Gasteiger partial charge is 0.320 e. The Bertz CT molecular complexity index is 477. The Morgan fingerprint density at radius 1 is 1.29 bits per heavy atom. The highest BCUT2D eigenvalue weighted by Gasteiger charge is 2.06. The van der Waals surface area contributed by atoms with E-state index in [1.54, 1.807) is 11.3 Å². The zero-order chi connectivity index (χ0) is 12.1. The molecule has 0 amide bonds. The number of hydrogen-bond acceptors (Lipinski definition) is 3. The van der Waals surface area contributed by atoms with Gasteiger partial charge in [-0.3, -0.25) is 0 Å². The summed E-state index contributed by atoms with van der Waals surface area (Å²) in [6, 6.07) is 8.42. The van der Waals surface area contributed by atoms with Gasteiger partial charge in [-0.25, -0.2) is 4.98 Å². The summed E-state index contributed by atoms with van der Waals surface area (Å²) in [5, 5.41) is 6.56. The molecule has 3 heteroatoms. The Balaban J connectivity index is 2.10. The van der Waals surface area contributed by atoms with Gasteiger partial charge in [-0.05, 0) is 32.5 Å². The lowest BCUT2D eigenvalue weighted by Gasteiger charge is -2.01. The van der Waals surface area contributed by atoms with Crippen molar-refractivity contribution in [3.63, 3.8) is 0 Å². The number of rotatable bonds is 5. The zero-order valence-corrected chi connectivity index (χ0v) is 11.2. The van der Waals surface area contributed by atoms with Crippen molar-refractivity contribution < 1.29 is 0 Å². The van der Waals surface area contributed by atoms with E-state index in [1.807, 2.05) is 7.05 Å². The molecule has 2 nitrogen and oxygen atoms in total. The second kappa shape index (κ2) is 5.94. The molecular formula is C14H18N2S. The van der Waals surface area contributed by atoms with Gasteiger partial charge < -0.3 is 5.32 Å². The number of nitrogens with one attached hydrogen (secondary N) is 1. The van der Waals surface area contributed by atoms with Crippen molar-refractivity contribution in [1.82, 2.24) is 10.3 Å². The molecular weight excluding hydrogens is 228 g/mol. The third kappa shape index (κ3) is 3.14. The maximum atomic E-state index is 4.70. The lowest BCUT2D eigenvalue weighted by atomic mass is 10.1. The van der Waals surface area contributed by atoms with Gasteiger partial charge in [0.2, 0.25) is 0 Å². The average Bonchev–Trinajstić information content (AvgIpc) is 2.79. The molecule has 0 unspecified atom stereocenters. The Labute approximate surface area is 107 Å². The van der Waals surface area contributed by atoms with Crippen LogP contribution in [0.1, 0.15) is 17.0 Å². The van der Waals surface area contributed by atoms with Crippen LogP contribution in [-0.4, -0.2) is 18.6 Å². The first-order valence-corrected chi connectivity index (χ1v) is 6.84. The molecule has 17 heavy (non-hydrogen) atoms. The molecule has 0 aliphatic heterocycles. The van der Waals surface area contributed by atoms with E-state index in [2.05, 4.69) is 41.9 Å². The number of hydrogen-bond donors (Lipinski definition) is 1. The minimum Gasteiger partial charge on any atom is -0.320 e. The second-order valence-electron chi connectivity index (χ2n) is 4.15. The molecule has 2 aromatic rings. The van der Waals surface area contributed by atoms with Crippen LogP contribution in [0.15, 0.2) is 29.6 Å². The zero-order valence-electron chi connectivity index (χ0n) is 10.4. The smallest absolute Gasteiger partial charge is 0.0933 e. The molecule has 0 spiro atoms. The summed E-state index contributed by atoms with van der Waals surface area (Å²) >= 11 is 1.76. The summed E-state index contributed by atoms with van der Waals surface area (Å²) in [5.74, 6) is 0. The Hall–Kier alpha value is -1.19. The van der Waals surface area contributed by atoms with Crippen molar-refractivity contribution in [1.29, 1.82) is 0 Å². The van der Waals surface area contributed by atoms with Crippen LogP contribution in [0.2, 0.25) is 0 Å². The fraction of sp³-hybridized carbons (Fsp3) is 0.357. The molecule has 0 fully saturated rings. The number of benzene rings is 1. The maximum Gasteiger partial charge on any atom is 0.0933 e. The van der Waals surface area contributed by atoms with Crippen LogP contribution in [-0.2, 0) is 6.42 Å². The molecule has 1 heterocycles. The lowest BCUT2D eigenvalue weighted by Crippen LogP contribution is -2.08. The number of aromatic nitrogens is 1. The minimum atomic E-state index is 1.05. The van der Waals surface area contributed by atoms with Crippen molar-refractivity contribution in [2.75, 3.05) is 13.6 Å². The highest BCUT2D eigenvalue weighted by atomic mass is 32.1. The number of aryl methyl sites for hydroxylation is 2. The van der Waals surface area contributed by atoms with Crippen LogP contribution in [0.4, 0.5) is 0 Å². The van der Waals surface area contributed by atoms with Crippen molar-refractivity contribution in [3.05, 3.63) is 40.2 Å². The standard InChI is InChI=1S/C14H18N2S/c1-11-6-3-4-7-12(11)13-10-17-14(16-13)8-5-9-15-2/h3-4,6-7,10,15H,5,8-9H2,1-2H3. The van der Waals surface area contributed by atoms with Gasteiger partial charge >= 0.3 is 0 Å². The summed E-state index contributed by atoms with van der Waals surface area (Å²) in [4.78, 5) is 4.70. The van der Waals surface area contributed by atoms with Crippen molar-refractivity contribution in [3.8, 4) is 11.3 Å². The van der Waals surface area contributed by atoms with Crippen LogP contribution in [0, 0.1) is 6.92 Å². The van der Waals surface area contributed by atoms with E-state index in [9.17, 15) is 0 Å². The van der Waals surface area contributed by atoms with Gasteiger partial charge in [0.25, 0.3) is 0 Å². The van der Waals surface area contributed by atoms with Gasteiger partial charge in [-0.2, -0.15) is 0 Å². The summed E-state index contributed by atoms with van der Waals surface area (Å²) < 4.78 is 0. The van der Waals surface area contributed by atoms with E-state index in [0.29, 0.717) is 0 Å². The normalized spacial score (nSPS) is 10.7. The van der Waals surface area contributed by atoms with Gasteiger partial charge in [-0.1, -0.05) is 24.3 Å². The third-order valence-corrected chi connectivity index (χ3v) is 3.70. The third-order valence-electron chi connectivity index (χ3n) is 2.79. The lowest BCUT2D eigenvalue weighted by molar-refractivity contribution is 0.722. The first kappa shape index (κ1) is 12.3. The number of thiazole rings is 1. The first-order chi connectivity index (χ1) is 8.31. The summed E-state index contributed by atoms with van der Waals surface area (Å²) in [7, 11) is 1.99. The van der Waals surface area contributed by atoms with Crippen molar-refractivity contribution >= 4 is 11.3 Å². The summed E-state index contributed by atoms with van der Waals surface area (Å²) in [6.07, 6.45) is 2.22. The molecule has 0 saturated carbocycles. The SMILES string of the molecule is CNCCCc1nc(-c2ccccc2C)cs1. The predicted molar refractivity (Wildman–Crippen MR) is 74.5 cm³/mol. The Kier molecular flexibility index (Phi) is 4.29. The minimum absolute atomic E-state index is 1.05. The molecule has 0 aliphatic carbocycles. The van der Waals surface area contributed by atoms with Crippen molar-refractivity contribution in [2.24, 2.45) is 0 Å². The molecule has 0 radical (unpaired) electrons. The van der Waals surface area contributed by atoms with Gasteiger partial charge in [0.15, 0.2) is 0 Å². The van der Waals surface area contributed by atoms with Gasteiger partial charge in [-0.15, -0.1) is 11.3 Å². The summed E-state index contributed by atoms with van der Waals surface area (Å²) in [5.41, 5.74) is 3.66. The second-order valence-corrected chi connectivity index (χ2v) is 5.09. The van der Waals surface area contributed by atoms with Crippen LogP contribution in [0.3, 0.4) is 0 Å². The van der Waals surface area contributed by atoms with Gasteiger partial charge in [0.05, 0.1) is 10.7 Å². The van der Waals surface area contributed by atoms with E-state index in [0.717, 1.165) is 25.1 Å². The molecule has 2 rings (SSSR count). The molecule has 1 N–H and O–H groups in total. The van der Waals surface area contributed by atoms with Crippen LogP contribution >= 0.6 is 11.3 Å². The molecule has 0 aliphatic rings. The Morgan fingerprint density at radius 3 is 2.88 bits per heavy atom. The molecule has 1 aromatic carbocycles. The van der Waals surface area contributed by atoms with E-state index < -0.39 is 0 Å². The molecule has 90 valence electrons. The number of nitrogens with zero attached hydrogens (tertiary/aromatic N) is 1. The van der Waals surface area contributed by atoms with Gasteiger partial charge in [0, 0.05) is 17.4 Å². The van der Waals surface area contributed by atoms with E-state index >= 15 is 0 Å². The molecule has 0 atom stereocenters. The summed E-state index contributed by atoms with van der Waals surface area (Å²) in [6.45, 7) is 3.19. The molecule has 0 saturated heterocycles. The van der Waals surface area contributed by atoms with Crippen LogP contribution in [0.5, 0.6) is 0 Å². The van der Waals surface area contributed by atoms with Crippen LogP contribution in [0.25, 0.3) is 11.3 Å². The fourth-order valence-corrected chi connectivity index (χ4v) is 2.67. The maximum absolute atomic E-state index is 4.70. The average molecular weight is 246 g/mol. The predicted octanol–water partition coefficient (Wildman–Crippen LogP) is 3.27. The highest BCUT2D eigenvalue weighted by Crippen LogP contribution is 2.25. The van der Waals surface area contributed by atoms with E-state index in [-0.39, 0.29) is 0 Å². The Morgan fingerprint density at radius 2 is 2.12 bits per heavy atom. The molecule has 0 bridgehead atoms. The topological polar surface area (TPSA) is 24.9 Å².